The Morgan fingerprint density at radius 1 is 1.11 bits per heavy atom. The molecule has 4 nitrogen and oxygen atoms in total. The Morgan fingerprint density at radius 2 is 1.70 bits per heavy atom. The first kappa shape index (κ1) is 19.1. The van der Waals surface area contributed by atoms with Crippen molar-refractivity contribution in [2.75, 3.05) is 12.8 Å². The summed E-state index contributed by atoms with van der Waals surface area (Å²) in [6, 6.07) is 11.8. The van der Waals surface area contributed by atoms with Gasteiger partial charge in [-0.15, -0.1) is 0 Å². The van der Waals surface area contributed by atoms with Crippen LogP contribution in [0, 0.1) is 11.6 Å². The molecule has 0 fully saturated rings. The lowest BCUT2D eigenvalue weighted by atomic mass is 10.1. The first-order valence-electron chi connectivity index (χ1n) is 8.29. The Kier molecular flexibility index (Phi) is 5.91. The summed E-state index contributed by atoms with van der Waals surface area (Å²) in [6.07, 6.45) is 1.55. The maximum absolute atomic E-state index is 13.0. The molecule has 0 saturated carbocycles. The van der Waals surface area contributed by atoms with Gasteiger partial charge in [0.15, 0.2) is 5.76 Å². The smallest absolute Gasteiger partial charge is 0.256 e. The number of oxazole rings is 1. The van der Waals surface area contributed by atoms with Gasteiger partial charge < -0.3 is 9.32 Å². The van der Waals surface area contributed by atoms with Gasteiger partial charge in [-0.2, -0.15) is 0 Å². The van der Waals surface area contributed by atoms with Crippen LogP contribution in [0.2, 0.25) is 0 Å². The van der Waals surface area contributed by atoms with Crippen molar-refractivity contribution in [3.05, 3.63) is 71.9 Å². The minimum atomic E-state index is -0.322. The van der Waals surface area contributed by atoms with Crippen molar-refractivity contribution in [1.29, 1.82) is 0 Å². The maximum Gasteiger partial charge on any atom is 0.256 e. The molecule has 0 bridgehead atoms. The second-order valence-electron chi connectivity index (χ2n) is 6.02. The second-order valence-corrected chi connectivity index (χ2v) is 6.94. The normalized spacial score (nSPS) is 12.0. The average Bonchev–Trinajstić information content (AvgIpc) is 3.15. The molecular weight excluding hydrogens is 370 g/mol. The van der Waals surface area contributed by atoms with Gasteiger partial charge in [0.05, 0.1) is 18.0 Å². The van der Waals surface area contributed by atoms with E-state index in [1.807, 2.05) is 6.92 Å². The number of hydrogen-bond donors (Lipinski definition) is 0. The number of aromatic nitrogens is 1. The van der Waals surface area contributed by atoms with Crippen LogP contribution in [0.5, 0.6) is 0 Å². The van der Waals surface area contributed by atoms with Gasteiger partial charge in [-0.25, -0.2) is 13.8 Å². The van der Waals surface area contributed by atoms with E-state index in [0.29, 0.717) is 16.5 Å². The van der Waals surface area contributed by atoms with E-state index >= 15 is 0 Å². The minimum absolute atomic E-state index is 0.0987. The van der Waals surface area contributed by atoms with Crippen LogP contribution in [0.1, 0.15) is 18.5 Å². The summed E-state index contributed by atoms with van der Waals surface area (Å²) in [5, 5.41) is 0.366. The van der Waals surface area contributed by atoms with Gasteiger partial charge in [0.1, 0.15) is 11.6 Å². The summed E-state index contributed by atoms with van der Waals surface area (Å²) in [6.45, 7) is 1.88. The molecule has 7 heteroatoms. The van der Waals surface area contributed by atoms with Gasteiger partial charge in [0, 0.05) is 12.6 Å². The van der Waals surface area contributed by atoms with Crippen molar-refractivity contribution in [3.8, 4) is 11.3 Å². The Labute approximate surface area is 160 Å². The van der Waals surface area contributed by atoms with E-state index in [9.17, 15) is 13.6 Å². The molecule has 3 rings (SSSR count). The van der Waals surface area contributed by atoms with Gasteiger partial charge in [-0.3, -0.25) is 4.79 Å². The third-order valence-corrected chi connectivity index (χ3v) is 5.09. The SMILES string of the molecule is CC(c1ccc(F)cc1)N(C)C(=O)CSc1ncc(-c2ccc(F)cc2)o1. The lowest BCUT2D eigenvalue weighted by Gasteiger charge is -2.25. The summed E-state index contributed by atoms with van der Waals surface area (Å²) in [5.41, 5.74) is 1.57. The summed E-state index contributed by atoms with van der Waals surface area (Å²) in [5.74, 6) is -0.0600. The zero-order chi connectivity index (χ0) is 19.4. The number of nitrogens with zero attached hydrogens (tertiary/aromatic N) is 2. The molecule has 0 aliphatic heterocycles. The number of halogens is 2. The summed E-state index contributed by atoms with van der Waals surface area (Å²) in [7, 11) is 1.70. The van der Waals surface area contributed by atoms with Crippen molar-refractivity contribution >= 4 is 17.7 Å². The van der Waals surface area contributed by atoms with Gasteiger partial charge in [0.2, 0.25) is 5.91 Å². The van der Waals surface area contributed by atoms with E-state index in [1.165, 1.54) is 36.0 Å². The van der Waals surface area contributed by atoms with Crippen molar-refractivity contribution in [2.24, 2.45) is 0 Å². The van der Waals surface area contributed by atoms with Crippen LogP contribution >= 0.6 is 11.8 Å². The fraction of sp³-hybridized carbons (Fsp3) is 0.200. The number of benzene rings is 2. The monoisotopic (exact) mass is 388 g/mol. The molecule has 2 aromatic carbocycles. The minimum Gasteiger partial charge on any atom is -0.431 e. The lowest BCUT2D eigenvalue weighted by molar-refractivity contribution is -0.128. The fourth-order valence-electron chi connectivity index (χ4n) is 2.48. The summed E-state index contributed by atoms with van der Waals surface area (Å²) < 4.78 is 31.6. The highest BCUT2D eigenvalue weighted by molar-refractivity contribution is 7.99. The number of carbonyl (C=O) groups is 1. The fourth-order valence-corrected chi connectivity index (χ4v) is 3.21. The molecule has 1 aromatic heterocycles. The van der Waals surface area contributed by atoms with E-state index in [2.05, 4.69) is 4.98 Å². The third-order valence-electron chi connectivity index (χ3n) is 4.26. The molecular formula is C20H18F2N2O2S. The molecule has 1 unspecified atom stereocenters. The van der Waals surface area contributed by atoms with E-state index in [4.69, 9.17) is 4.42 Å². The van der Waals surface area contributed by atoms with Crippen LogP contribution in [-0.2, 0) is 4.79 Å². The molecule has 0 aliphatic rings. The van der Waals surface area contributed by atoms with Crippen molar-refractivity contribution in [1.82, 2.24) is 9.88 Å². The zero-order valence-electron chi connectivity index (χ0n) is 14.9. The van der Waals surface area contributed by atoms with E-state index in [-0.39, 0.29) is 29.3 Å². The average molecular weight is 388 g/mol. The molecule has 0 saturated heterocycles. The van der Waals surface area contributed by atoms with Crippen molar-refractivity contribution in [3.63, 3.8) is 0 Å². The highest BCUT2D eigenvalue weighted by atomic mass is 32.2. The van der Waals surface area contributed by atoms with Crippen molar-refractivity contribution < 1.29 is 18.0 Å². The molecule has 1 atom stereocenters. The second kappa shape index (κ2) is 8.35. The standard InChI is InChI=1S/C20H18F2N2O2S/c1-13(14-3-7-16(21)8-4-14)24(2)19(25)12-27-20-23-11-18(26-20)15-5-9-17(22)10-6-15/h3-11,13H,12H2,1-2H3. The molecule has 0 aliphatic carbocycles. The highest BCUT2D eigenvalue weighted by Gasteiger charge is 2.18. The van der Waals surface area contributed by atoms with Crippen LogP contribution < -0.4 is 0 Å². The summed E-state index contributed by atoms with van der Waals surface area (Å²) in [4.78, 5) is 18.2. The maximum atomic E-state index is 13.0. The molecule has 0 N–H and O–H groups in total. The van der Waals surface area contributed by atoms with Crippen LogP contribution in [0.3, 0.4) is 0 Å². The largest absolute Gasteiger partial charge is 0.431 e. The molecule has 1 amide bonds. The van der Waals surface area contributed by atoms with Crippen molar-refractivity contribution in [2.45, 2.75) is 18.2 Å². The zero-order valence-corrected chi connectivity index (χ0v) is 15.7. The Hall–Kier alpha value is -2.67. The lowest BCUT2D eigenvalue weighted by Crippen LogP contribution is -2.31. The van der Waals surface area contributed by atoms with Crippen LogP contribution in [0.25, 0.3) is 11.3 Å². The predicted octanol–water partition coefficient (Wildman–Crippen LogP) is 4.93. The number of amides is 1. The van der Waals surface area contributed by atoms with E-state index in [0.717, 1.165) is 5.56 Å². The summed E-state index contributed by atoms with van der Waals surface area (Å²) >= 11 is 1.19. The van der Waals surface area contributed by atoms with Gasteiger partial charge in [-0.1, -0.05) is 23.9 Å². The number of thioether (sulfide) groups is 1. The number of rotatable bonds is 6. The quantitative estimate of drug-likeness (QED) is 0.562. The van der Waals surface area contributed by atoms with Gasteiger partial charge in [0.25, 0.3) is 5.22 Å². The van der Waals surface area contributed by atoms with Gasteiger partial charge in [-0.05, 0) is 48.9 Å². The Morgan fingerprint density at radius 3 is 2.33 bits per heavy atom. The predicted molar refractivity (Wildman–Crippen MR) is 100 cm³/mol. The first-order chi connectivity index (χ1) is 12.9. The first-order valence-corrected chi connectivity index (χ1v) is 9.28. The van der Waals surface area contributed by atoms with Crippen LogP contribution in [0.15, 0.2) is 64.4 Å². The molecule has 3 aromatic rings. The molecule has 1 heterocycles. The Bertz CT molecular complexity index is 910. The van der Waals surface area contributed by atoms with Gasteiger partial charge >= 0.3 is 0 Å². The third kappa shape index (κ3) is 4.74. The van der Waals surface area contributed by atoms with E-state index in [1.54, 1.807) is 42.4 Å². The Balaban J connectivity index is 1.58. The van der Waals surface area contributed by atoms with E-state index < -0.39 is 0 Å². The van der Waals surface area contributed by atoms with Crippen LogP contribution in [-0.4, -0.2) is 28.6 Å². The number of carbonyl (C=O) groups excluding carboxylic acids is 1. The molecule has 140 valence electrons. The highest BCUT2D eigenvalue weighted by Crippen LogP contribution is 2.26. The molecule has 27 heavy (non-hydrogen) atoms. The molecule has 0 spiro atoms. The van der Waals surface area contributed by atoms with Crippen LogP contribution in [0.4, 0.5) is 8.78 Å². The molecule has 0 radical (unpaired) electrons. The topological polar surface area (TPSA) is 46.3 Å². The number of hydrogen-bond acceptors (Lipinski definition) is 4.